The quantitative estimate of drug-likeness (QED) is 0.385. The van der Waals surface area contributed by atoms with E-state index in [2.05, 4.69) is 24.8 Å². The fraction of sp³-hybridized carbons (Fsp3) is 0.500. The van der Waals surface area contributed by atoms with Crippen LogP contribution in [0.25, 0.3) is 11.3 Å². The molecule has 4 aliphatic rings. The second-order valence-electron chi connectivity index (χ2n) is 11.2. The molecule has 1 N–H and O–H groups in total. The van der Waals surface area contributed by atoms with Crippen molar-refractivity contribution in [3.63, 3.8) is 0 Å². The summed E-state index contributed by atoms with van der Waals surface area (Å²) in [5, 5.41) is 13.7. The number of aromatic nitrogens is 3. The summed E-state index contributed by atoms with van der Waals surface area (Å²) in [5.74, 6) is 0.477. The van der Waals surface area contributed by atoms with Gasteiger partial charge in [-0.1, -0.05) is 17.3 Å². The van der Waals surface area contributed by atoms with Crippen molar-refractivity contribution in [1.82, 2.24) is 15.1 Å². The van der Waals surface area contributed by atoms with Crippen molar-refractivity contribution in [2.45, 2.75) is 76.1 Å². The maximum Gasteiger partial charge on any atom is 0.573 e. The number of alkyl halides is 3. The molecule has 4 unspecified atom stereocenters. The van der Waals surface area contributed by atoms with Crippen LogP contribution in [0.3, 0.4) is 0 Å². The van der Waals surface area contributed by atoms with Crippen molar-refractivity contribution in [2.24, 2.45) is 11.8 Å². The van der Waals surface area contributed by atoms with Crippen LogP contribution in [-0.2, 0) is 11.3 Å². The number of ether oxygens (including phenoxy) is 2. The van der Waals surface area contributed by atoms with Crippen molar-refractivity contribution < 1.29 is 37.1 Å². The van der Waals surface area contributed by atoms with E-state index in [-0.39, 0.29) is 53.6 Å². The molecule has 0 radical (unpaired) electrons. The Balaban J connectivity index is 1.12. The molecule has 3 aromatic rings. The Kier molecular flexibility index (Phi) is 5.81. The molecule has 4 heterocycles. The highest BCUT2D eigenvalue weighted by Crippen LogP contribution is 2.58. The Labute approximate surface area is 227 Å². The highest BCUT2D eigenvalue weighted by atomic mass is 19.4. The average molecular weight is 557 g/mol. The second-order valence-corrected chi connectivity index (χ2v) is 11.2. The van der Waals surface area contributed by atoms with Gasteiger partial charge in [-0.3, -0.25) is 0 Å². The van der Waals surface area contributed by atoms with E-state index < -0.39 is 12.3 Å². The smallest absolute Gasteiger partial charge is 0.477 e. The third kappa shape index (κ3) is 4.47. The number of nitrogens with zero attached hydrogens (tertiary/aromatic N) is 4. The highest BCUT2D eigenvalue weighted by molar-refractivity contribution is 5.85. The predicted octanol–water partition coefficient (Wildman–Crippen LogP) is 5.49. The number of para-hydroxylation sites is 1. The van der Waals surface area contributed by atoms with Gasteiger partial charge in [-0.15, -0.1) is 13.2 Å². The Morgan fingerprint density at radius 3 is 2.73 bits per heavy atom. The van der Waals surface area contributed by atoms with Crippen LogP contribution in [-0.4, -0.2) is 50.8 Å². The molecule has 1 aromatic carbocycles. The lowest BCUT2D eigenvalue weighted by Gasteiger charge is -2.34. The molecular formula is C28H27F3N4O5. The maximum atomic E-state index is 13.1. The standard InChI is InChI=1S/C28H27F3N4O5/c1-13-10-19(26(36)37)33-27(32-13)35-15-8-9-20(35)22-17(11-15)25(22)38-12-18-23(34-40-24(18)14-6-7-14)16-4-2-3-5-21(16)39-28(29,30)31/h2-5,10,14-15,17,20,22,25H,6-9,11-12H2,1H3,(H,36,37)/t15?,17?,20?,22?,25-/m0/s1. The first kappa shape index (κ1) is 25.3. The van der Waals surface area contributed by atoms with Crippen LogP contribution in [0.2, 0.25) is 0 Å². The third-order valence-electron chi connectivity index (χ3n) is 8.54. The third-order valence-corrected chi connectivity index (χ3v) is 8.54. The van der Waals surface area contributed by atoms with Crippen LogP contribution in [0.5, 0.6) is 5.75 Å². The highest BCUT2D eigenvalue weighted by Gasteiger charge is 2.64. The van der Waals surface area contributed by atoms with E-state index in [1.165, 1.54) is 18.2 Å². The molecule has 5 atom stereocenters. The van der Waals surface area contributed by atoms with Crippen LogP contribution in [0.15, 0.2) is 34.9 Å². The van der Waals surface area contributed by atoms with E-state index in [0.29, 0.717) is 34.6 Å². The predicted molar refractivity (Wildman–Crippen MR) is 134 cm³/mol. The van der Waals surface area contributed by atoms with E-state index in [9.17, 15) is 23.1 Å². The van der Waals surface area contributed by atoms with Gasteiger partial charge in [0.2, 0.25) is 5.95 Å². The van der Waals surface area contributed by atoms with Gasteiger partial charge in [-0.05, 0) is 63.1 Å². The summed E-state index contributed by atoms with van der Waals surface area (Å²) in [6, 6.07) is 7.75. The van der Waals surface area contributed by atoms with E-state index >= 15 is 0 Å². The lowest BCUT2D eigenvalue weighted by Crippen LogP contribution is -2.42. The van der Waals surface area contributed by atoms with Crippen molar-refractivity contribution in [2.75, 3.05) is 4.90 Å². The Morgan fingerprint density at radius 2 is 1.98 bits per heavy atom. The van der Waals surface area contributed by atoms with Gasteiger partial charge in [0.25, 0.3) is 0 Å². The number of carboxylic acid groups (broad SMARTS) is 1. The fourth-order valence-corrected chi connectivity index (χ4v) is 6.72. The number of aryl methyl sites for hydroxylation is 1. The van der Waals surface area contributed by atoms with Gasteiger partial charge in [-0.2, -0.15) is 0 Å². The van der Waals surface area contributed by atoms with E-state index in [0.717, 1.165) is 32.1 Å². The zero-order valence-corrected chi connectivity index (χ0v) is 21.6. The van der Waals surface area contributed by atoms with E-state index in [1.54, 1.807) is 19.1 Å². The second kappa shape index (κ2) is 9.18. The lowest BCUT2D eigenvalue weighted by molar-refractivity contribution is -0.274. The molecule has 2 aromatic heterocycles. The van der Waals surface area contributed by atoms with Crippen LogP contribution in [0.1, 0.15) is 65.5 Å². The maximum absolute atomic E-state index is 13.1. The molecule has 7 rings (SSSR count). The largest absolute Gasteiger partial charge is 0.573 e. The molecule has 12 heteroatoms. The molecule has 0 amide bonds. The number of rotatable bonds is 8. The van der Waals surface area contributed by atoms with Crippen LogP contribution in [0, 0.1) is 18.8 Å². The molecule has 0 spiro atoms. The molecule has 210 valence electrons. The van der Waals surface area contributed by atoms with Gasteiger partial charge >= 0.3 is 12.3 Å². The van der Waals surface area contributed by atoms with E-state index in [1.807, 2.05) is 0 Å². The summed E-state index contributed by atoms with van der Waals surface area (Å²) in [6.07, 6.45) is -0.176. The number of anilines is 1. The number of benzene rings is 1. The Morgan fingerprint density at radius 1 is 1.18 bits per heavy atom. The van der Waals surface area contributed by atoms with Crippen LogP contribution in [0.4, 0.5) is 19.1 Å². The SMILES string of the molecule is Cc1cc(C(=O)O)nc(N2C3CCC2C2C(C3)[C@@H]2OCc2c(-c3ccccc3OC(F)(F)F)noc2C2CC2)n1. The average Bonchev–Trinajstić information content (AvgIpc) is 3.79. The number of hydrogen-bond acceptors (Lipinski definition) is 8. The summed E-state index contributed by atoms with van der Waals surface area (Å²) in [6.45, 7) is 1.94. The fourth-order valence-electron chi connectivity index (χ4n) is 6.72. The van der Waals surface area contributed by atoms with Gasteiger partial charge in [0.15, 0.2) is 5.69 Å². The van der Waals surface area contributed by atoms with Crippen molar-refractivity contribution in [3.8, 4) is 17.0 Å². The lowest BCUT2D eigenvalue weighted by atomic mass is 10.0. The van der Waals surface area contributed by atoms with Crippen molar-refractivity contribution in [3.05, 3.63) is 53.0 Å². The van der Waals surface area contributed by atoms with Crippen LogP contribution >= 0.6 is 0 Å². The van der Waals surface area contributed by atoms with Crippen molar-refractivity contribution in [1.29, 1.82) is 0 Å². The number of halogens is 3. The minimum atomic E-state index is -4.84. The Bertz CT molecular complexity index is 1470. The number of hydrogen-bond donors (Lipinski definition) is 1. The minimum Gasteiger partial charge on any atom is -0.477 e. The van der Waals surface area contributed by atoms with Gasteiger partial charge in [-0.25, -0.2) is 14.8 Å². The topological polar surface area (TPSA) is 111 Å². The van der Waals surface area contributed by atoms with E-state index in [4.69, 9.17) is 9.26 Å². The molecule has 2 saturated carbocycles. The van der Waals surface area contributed by atoms with Gasteiger partial charge < -0.3 is 24.0 Å². The molecule has 2 bridgehead atoms. The zero-order chi connectivity index (χ0) is 27.8. The molecule has 2 aliphatic carbocycles. The first-order valence-electron chi connectivity index (χ1n) is 13.5. The summed E-state index contributed by atoms with van der Waals surface area (Å²) in [7, 11) is 0. The van der Waals surface area contributed by atoms with Gasteiger partial charge in [0.1, 0.15) is 17.2 Å². The van der Waals surface area contributed by atoms with Crippen LogP contribution < -0.4 is 9.64 Å². The molecule has 2 aliphatic heterocycles. The number of piperidine rings is 1. The molecule has 9 nitrogen and oxygen atoms in total. The van der Waals surface area contributed by atoms with Gasteiger partial charge in [0, 0.05) is 40.7 Å². The monoisotopic (exact) mass is 556 g/mol. The summed E-state index contributed by atoms with van der Waals surface area (Å²) in [4.78, 5) is 22.7. The molecule has 40 heavy (non-hydrogen) atoms. The first-order valence-corrected chi connectivity index (χ1v) is 13.5. The Hall–Kier alpha value is -3.67. The molecule has 2 saturated heterocycles. The number of carboxylic acids is 1. The zero-order valence-electron chi connectivity index (χ0n) is 21.6. The molecule has 4 fully saturated rings. The van der Waals surface area contributed by atoms with Crippen molar-refractivity contribution >= 4 is 11.9 Å². The molecular weight excluding hydrogens is 529 g/mol. The normalized spacial score (nSPS) is 27.0. The number of aromatic carboxylic acids is 1. The summed E-state index contributed by atoms with van der Waals surface area (Å²) < 4.78 is 55.7. The summed E-state index contributed by atoms with van der Waals surface area (Å²) in [5.41, 5.74) is 1.77. The first-order chi connectivity index (χ1) is 19.2. The number of fused-ring (bicyclic) bond motifs is 4. The minimum absolute atomic E-state index is 0.0185. The summed E-state index contributed by atoms with van der Waals surface area (Å²) >= 11 is 0. The van der Waals surface area contributed by atoms with Gasteiger partial charge in [0.05, 0.1) is 12.7 Å². The number of carbonyl (C=O) groups is 1.